The third kappa shape index (κ3) is 4.80. The highest BCUT2D eigenvalue weighted by molar-refractivity contribution is 7.99. The van der Waals surface area contributed by atoms with E-state index in [1.807, 2.05) is 56.3 Å². The predicted molar refractivity (Wildman–Crippen MR) is 96.7 cm³/mol. The molecule has 0 bridgehead atoms. The van der Waals surface area contributed by atoms with Crippen LogP contribution in [0, 0.1) is 5.41 Å². The average Bonchev–Trinajstić information content (AvgIpc) is 2.48. The van der Waals surface area contributed by atoms with Crippen LogP contribution in [0.4, 0.5) is 0 Å². The van der Waals surface area contributed by atoms with Crippen LogP contribution in [-0.2, 0) is 9.84 Å². The molecule has 0 N–H and O–H groups in total. The Balaban J connectivity index is 2.15. The minimum atomic E-state index is -3.28. The quantitative estimate of drug-likeness (QED) is 0.774. The van der Waals surface area contributed by atoms with E-state index in [1.165, 1.54) is 0 Å². The maximum Gasteiger partial charge on any atom is 0.178 e. The van der Waals surface area contributed by atoms with Crippen LogP contribution in [0.1, 0.15) is 13.8 Å². The fourth-order valence-electron chi connectivity index (χ4n) is 1.98. The number of rotatable bonds is 6. The topological polar surface area (TPSA) is 34.1 Å². The highest BCUT2D eigenvalue weighted by atomic mass is 32.2. The lowest BCUT2D eigenvalue weighted by Gasteiger charge is -2.21. The second-order valence-corrected chi connectivity index (χ2v) is 9.42. The fraction of sp³-hybridized carbons (Fsp3) is 0.294. The van der Waals surface area contributed by atoms with Gasteiger partial charge in [0.15, 0.2) is 9.84 Å². The number of sulfone groups is 1. The molecule has 0 aliphatic rings. The molecule has 22 heavy (non-hydrogen) atoms. The Morgan fingerprint density at radius 3 is 2.05 bits per heavy atom. The smallest absolute Gasteiger partial charge is 0.178 e. The molecule has 0 unspecified atom stereocenters. The Morgan fingerprint density at radius 1 is 0.955 bits per heavy atom. The summed E-state index contributed by atoms with van der Waals surface area (Å²) >= 11 is 5.85. The number of benzene rings is 2. The third-order valence-corrected chi connectivity index (χ3v) is 7.19. The van der Waals surface area contributed by atoms with Crippen molar-refractivity contribution in [2.45, 2.75) is 28.5 Å². The summed E-state index contributed by atoms with van der Waals surface area (Å²) in [5.41, 5.74) is -0.334. The lowest BCUT2D eigenvalue weighted by atomic mass is 10.0. The van der Waals surface area contributed by atoms with E-state index >= 15 is 0 Å². The van der Waals surface area contributed by atoms with E-state index in [0.29, 0.717) is 10.6 Å². The van der Waals surface area contributed by atoms with Crippen molar-refractivity contribution in [2.24, 2.45) is 5.41 Å². The van der Waals surface area contributed by atoms with E-state index in [-0.39, 0.29) is 11.2 Å². The summed E-state index contributed by atoms with van der Waals surface area (Å²) in [6.45, 7) is 3.83. The predicted octanol–water partition coefficient (Wildman–Crippen LogP) is 4.57. The lowest BCUT2D eigenvalue weighted by Crippen LogP contribution is -2.25. The second-order valence-electron chi connectivity index (χ2n) is 5.97. The molecule has 0 heterocycles. The van der Waals surface area contributed by atoms with Gasteiger partial charge in [0, 0.05) is 9.79 Å². The molecular weight excluding hydrogens is 332 g/mol. The Morgan fingerprint density at radius 2 is 1.50 bits per heavy atom. The summed E-state index contributed by atoms with van der Waals surface area (Å²) in [4.78, 5) is 2.53. The third-order valence-electron chi connectivity index (χ3n) is 3.17. The summed E-state index contributed by atoms with van der Waals surface area (Å²) < 4.78 is 24.9. The van der Waals surface area contributed by atoms with Gasteiger partial charge in [-0.3, -0.25) is 0 Å². The zero-order valence-electron chi connectivity index (χ0n) is 12.7. The molecule has 0 spiro atoms. The van der Waals surface area contributed by atoms with Crippen LogP contribution in [0.2, 0.25) is 0 Å². The van der Waals surface area contributed by atoms with Crippen molar-refractivity contribution in [3.05, 3.63) is 54.6 Å². The van der Waals surface area contributed by atoms with E-state index in [4.69, 9.17) is 0 Å². The molecule has 0 aliphatic carbocycles. The molecule has 5 heteroatoms. The van der Waals surface area contributed by atoms with Crippen molar-refractivity contribution in [1.82, 2.24) is 0 Å². The van der Waals surface area contributed by atoms with Crippen LogP contribution in [0.25, 0.3) is 0 Å². The van der Waals surface area contributed by atoms with Crippen LogP contribution in [0.3, 0.4) is 0 Å². The molecule has 2 aromatic rings. The summed E-state index contributed by atoms with van der Waals surface area (Å²) in [6.07, 6.45) is 0. The molecule has 0 atom stereocenters. The van der Waals surface area contributed by atoms with E-state index < -0.39 is 9.84 Å². The number of hydrogen-bond donors (Lipinski definition) is 1. The van der Waals surface area contributed by atoms with Gasteiger partial charge in [0.25, 0.3) is 0 Å². The first-order valence-electron chi connectivity index (χ1n) is 6.99. The monoisotopic (exact) mass is 352 g/mol. The molecule has 0 fully saturated rings. The summed E-state index contributed by atoms with van der Waals surface area (Å²) in [5.74, 6) is 0.642. The molecule has 0 aromatic heterocycles. The first-order chi connectivity index (χ1) is 10.3. The van der Waals surface area contributed by atoms with Crippen LogP contribution in [0.15, 0.2) is 69.3 Å². The average molecular weight is 353 g/mol. The van der Waals surface area contributed by atoms with Crippen molar-refractivity contribution < 1.29 is 8.42 Å². The van der Waals surface area contributed by atoms with Crippen molar-refractivity contribution in [3.8, 4) is 0 Å². The van der Waals surface area contributed by atoms with Gasteiger partial charge in [0.1, 0.15) is 0 Å². The van der Waals surface area contributed by atoms with Crippen molar-refractivity contribution in [1.29, 1.82) is 0 Å². The standard InChI is InChI=1S/C17H20O2S3/c1-17(2,12-20)13-22(18,19)16-10-8-15(9-11-16)21-14-6-4-3-5-7-14/h3-11,20H,12-13H2,1-2H3. The molecule has 0 amide bonds. The first kappa shape index (κ1) is 17.4. The van der Waals surface area contributed by atoms with Crippen LogP contribution >= 0.6 is 24.4 Å². The fourth-order valence-corrected chi connectivity index (χ4v) is 4.93. The van der Waals surface area contributed by atoms with Crippen LogP contribution < -0.4 is 0 Å². The molecule has 118 valence electrons. The summed E-state index contributed by atoms with van der Waals surface area (Å²) in [7, 11) is -3.28. The van der Waals surface area contributed by atoms with Gasteiger partial charge in [-0.1, -0.05) is 43.8 Å². The minimum absolute atomic E-state index is 0.106. The number of thiol groups is 1. The Labute approximate surface area is 142 Å². The van der Waals surface area contributed by atoms with Gasteiger partial charge in [-0.2, -0.15) is 12.6 Å². The van der Waals surface area contributed by atoms with Gasteiger partial charge in [0.2, 0.25) is 0 Å². The van der Waals surface area contributed by atoms with Gasteiger partial charge in [-0.15, -0.1) is 0 Å². The van der Waals surface area contributed by atoms with Crippen molar-refractivity contribution in [2.75, 3.05) is 11.5 Å². The Bertz CT molecular complexity index is 705. The SMILES string of the molecule is CC(C)(CS)CS(=O)(=O)c1ccc(Sc2ccccc2)cc1. The number of hydrogen-bond acceptors (Lipinski definition) is 4. The summed E-state index contributed by atoms with van der Waals surface area (Å²) in [6, 6.07) is 17.1. The molecule has 2 aromatic carbocycles. The zero-order valence-corrected chi connectivity index (χ0v) is 15.2. The van der Waals surface area contributed by atoms with E-state index in [1.54, 1.807) is 23.9 Å². The molecule has 0 aliphatic heterocycles. The molecule has 2 rings (SSSR count). The van der Waals surface area contributed by atoms with Gasteiger partial charge < -0.3 is 0 Å². The molecule has 0 saturated carbocycles. The van der Waals surface area contributed by atoms with Gasteiger partial charge in [-0.05, 0) is 47.6 Å². The molecule has 0 saturated heterocycles. The molecular formula is C17H20O2S3. The van der Waals surface area contributed by atoms with Gasteiger partial charge in [-0.25, -0.2) is 8.42 Å². The maximum atomic E-state index is 12.4. The van der Waals surface area contributed by atoms with Crippen LogP contribution in [-0.4, -0.2) is 19.9 Å². The highest BCUT2D eigenvalue weighted by Crippen LogP contribution is 2.29. The van der Waals surface area contributed by atoms with E-state index in [9.17, 15) is 8.42 Å². The van der Waals surface area contributed by atoms with E-state index in [0.717, 1.165) is 9.79 Å². The Hall–Kier alpha value is -0.910. The van der Waals surface area contributed by atoms with Gasteiger partial charge >= 0.3 is 0 Å². The maximum absolute atomic E-state index is 12.4. The normalized spacial score (nSPS) is 12.3. The molecule has 0 radical (unpaired) electrons. The minimum Gasteiger partial charge on any atom is -0.224 e. The largest absolute Gasteiger partial charge is 0.224 e. The van der Waals surface area contributed by atoms with Crippen LogP contribution in [0.5, 0.6) is 0 Å². The highest BCUT2D eigenvalue weighted by Gasteiger charge is 2.26. The Kier molecular flexibility index (Phi) is 5.64. The summed E-state index contributed by atoms with van der Waals surface area (Å²) in [5, 5.41) is 0. The second kappa shape index (κ2) is 7.11. The first-order valence-corrected chi connectivity index (χ1v) is 10.1. The van der Waals surface area contributed by atoms with Gasteiger partial charge in [0.05, 0.1) is 10.6 Å². The van der Waals surface area contributed by atoms with E-state index in [2.05, 4.69) is 12.6 Å². The zero-order chi connectivity index (χ0) is 16.2. The van der Waals surface area contributed by atoms with Crippen molar-refractivity contribution >= 4 is 34.2 Å². The van der Waals surface area contributed by atoms with Crippen molar-refractivity contribution in [3.63, 3.8) is 0 Å². The lowest BCUT2D eigenvalue weighted by molar-refractivity contribution is 0.472. The molecule has 2 nitrogen and oxygen atoms in total.